The summed E-state index contributed by atoms with van der Waals surface area (Å²) in [6.07, 6.45) is 0.862. The van der Waals surface area contributed by atoms with Gasteiger partial charge in [-0.2, -0.15) is 12.7 Å². The minimum Gasteiger partial charge on any atom is -0.444 e. The largest absolute Gasteiger partial charge is 0.444 e. The van der Waals surface area contributed by atoms with Gasteiger partial charge in [-0.1, -0.05) is 18.2 Å². The number of anilines is 1. The van der Waals surface area contributed by atoms with Gasteiger partial charge in [-0.25, -0.2) is 4.79 Å². The molecule has 2 aliphatic rings. The van der Waals surface area contributed by atoms with Gasteiger partial charge in [0, 0.05) is 25.7 Å². The quantitative estimate of drug-likeness (QED) is 0.827. The number of hydrogen-bond acceptors (Lipinski definition) is 4. The van der Waals surface area contributed by atoms with Gasteiger partial charge in [0.05, 0.1) is 5.69 Å². The molecule has 0 radical (unpaired) electrons. The maximum Gasteiger partial charge on any atom is 0.410 e. The highest BCUT2D eigenvalue weighted by Gasteiger charge is 2.37. The lowest BCUT2D eigenvalue weighted by Crippen LogP contribution is -2.51. The van der Waals surface area contributed by atoms with Gasteiger partial charge in [0.1, 0.15) is 5.60 Å². The van der Waals surface area contributed by atoms with Crippen LogP contribution in [-0.4, -0.2) is 48.4 Å². The van der Waals surface area contributed by atoms with E-state index in [9.17, 15) is 13.2 Å². The third kappa shape index (κ3) is 4.07. The summed E-state index contributed by atoms with van der Waals surface area (Å²) in [5.41, 5.74) is 1.08. The fraction of sp³-hybridized carbons (Fsp3) is 0.588. The van der Waals surface area contributed by atoms with E-state index in [4.69, 9.17) is 4.74 Å². The van der Waals surface area contributed by atoms with Crippen molar-refractivity contribution in [1.29, 1.82) is 0 Å². The van der Waals surface area contributed by atoms with Crippen molar-refractivity contribution in [2.45, 2.75) is 51.8 Å². The van der Waals surface area contributed by atoms with E-state index in [0.29, 0.717) is 38.2 Å². The molecule has 1 amide bonds. The normalized spacial score (nSPS) is 21.3. The number of hydrogen-bond donors (Lipinski definition) is 1. The Morgan fingerprint density at radius 1 is 1.20 bits per heavy atom. The lowest BCUT2D eigenvalue weighted by atomic mass is 10.0. The number of piperidine rings is 1. The summed E-state index contributed by atoms with van der Waals surface area (Å²) in [7, 11) is -3.55. The van der Waals surface area contributed by atoms with Gasteiger partial charge in [-0.15, -0.1) is 0 Å². The van der Waals surface area contributed by atoms with Crippen LogP contribution in [0, 0.1) is 0 Å². The van der Waals surface area contributed by atoms with Crippen LogP contribution in [0.25, 0.3) is 0 Å². The Balaban J connectivity index is 1.66. The van der Waals surface area contributed by atoms with Gasteiger partial charge in [0.15, 0.2) is 0 Å². The van der Waals surface area contributed by atoms with Gasteiger partial charge in [-0.05, 0) is 45.2 Å². The van der Waals surface area contributed by atoms with E-state index >= 15 is 0 Å². The first-order valence-electron chi connectivity index (χ1n) is 8.51. The fourth-order valence-corrected chi connectivity index (χ4v) is 4.70. The number of nitrogens with zero attached hydrogens (tertiary/aromatic N) is 2. The molecule has 2 aliphatic heterocycles. The predicted molar refractivity (Wildman–Crippen MR) is 95.4 cm³/mol. The summed E-state index contributed by atoms with van der Waals surface area (Å²) in [6, 6.07) is 7.30. The Kier molecular flexibility index (Phi) is 4.68. The van der Waals surface area contributed by atoms with Crippen molar-refractivity contribution in [1.82, 2.24) is 9.21 Å². The third-order valence-electron chi connectivity index (χ3n) is 4.41. The smallest absolute Gasteiger partial charge is 0.410 e. The third-order valence-corrected chi connectivity index (χ3v) is 5.94. The van der Waals surface area contributed by atoms with Crippen molar-refractivity contribution >= 4 is 22.0 Å². The van der Waals surface area contributed by atoms with Gasteiger partial charge in [-0.3, -0.25) is 4.72 Å². The first-order valence-corrected chi connectivity index (χ1v) is 9.95. The summed E-state index contributed by atoms with van der Waals surface area (Å²) in [6.45, 7) is 6.85. The number of carbonyl (C=O) groups excluding carboxylic acids is 1. The highest BCUT2D eigenvalue weighted by Crippen LogP contribution is 2.30. The van der Waals surface area contributed by atoms with E-state index < -0.39 is 15.8 Å². The molecule has 1 fully saturated rings. The average Bonchev–Trinajstić information content (AvgIpc) is 2.52. The van der Waals surface area contributed by atoms with Crippen LogP contribution in [-0.2, 0) is 21.5 Å². The van der Waals surface area contributed by atoms with Crippen LogP contribution in [0.15, 0.2) is 24.3 Å². The molecule has 1 N–H and O–H groups in total. The van der Waals surface area contributed by atoms with Crippen LogP contribution < -0.4 is 4.72 Å². The topological polar surface area (TPSA) is 79.0 Å². The lowest BCUT2D eigenvalue weighted by molar-refractivity contribution is 0.0176. The van der Waals surface area contributed by atoms with E-state index in [2.05, 4.69) is 4.72 Å². The minimum absolute atomic E-state index is 0.121. The molecule has 138 valence electrons. The van der Waals surface area contributed by atoms with Gasteiger partial charge in [0.25, 0.3) is 0 Å². The number of ether oxygens (including phenoxy) is 1. The van der Waals surface area contributed by atoms with Crippen LogP contribution in [0.2, 0.25) is 0 Å². The van der Waals surface area contributed by atoms with E-state index in [0.717, 1.165) is 5.56 Å². The molecule has 2 heterocycles. The van der Waals surface area contributed by atoms with Gasteiger partial charge in [0.2, 0.25) is 0 Å². The summed E-state index contributed by atoms with van der Waals surface area (Å²) in [4.78, 5) is 13.8. The monoisotopic (exact) mass is 367 g/mol. The summed E-state index contributed by atoms with van der Waals surface area (Å²) in [5.74, 6) is 0. The second-order valence-corrected chi connectivity index (χ2v) is 9.13. The van der Waals surface area contributed by atoms with E-state index in [1.165, 1.54) is 4.31 Å². The molecule has 0 atom stereocenters. The molecule has 0 aromatic heterocycles. The molecule has 0 bridgehead atoms. The molecular formula is C17H25N3O4S. The van der Waals surface area contributed by atoms with Gasteiger partial charge < -0.3 is 9.64 Å². The molecule has 0 spiro atoms. The summed E-state index contributed by atoms with van der Waals surface area (Å²) >= 11 is 0. The molecule has 25 heavy (non-hydrogen) atoms. The number of para-hydroxylation sites is 1. The van der Waals surface area contributed by atoms with E-state index in [1.807, 2.05) is 39.0 Å². The van der Waals surface area contributed by atoms with Crippen LogP contribution >= 0.6 is 0 Å². The second kappa shape index (κ2) is 6.49. The van der Waals surface area contributed by atoms with Crippen molar-refractivity contribution in [3.8, 4) is 0 Å². The van der Waals surface area contributed by atoms with Crippen molar-refractivity contribution in [2.24, 2.45) is 0 Å². The van der Waals surface area contributed by atoms with Crippen molar-refractivity contribution in [3.05, 3.63) is 29.8 Å². The molecular weight excluding hydrogens is 342 g/mol. The zero-order chi connectivity index (χ0) is 18.2. The molecule has 7 nitrogen and oxygen atoms in total. The Bertz CT molecular complexity index is 749. The second-order valence-electron chi connectivity index (χ2n) is 7.51. The number of rotatable bonds is 1. The summed E-state index contributed by atoms with van der Waals surface area (Å²) in [5, 5.41) is 0. The standard InChI is InChI=1S/C17H25N3O4S/c1-17(2,3)24-16(21)19-10-8-14(9-11-19)20-12-13-6-4-5-7-15(13)18-25(20,22)23/h4-7,14,18H,8-12H2,1-3H3. The Morgan fingerprint density at radius 3 is 2.48 bits per heavy atom. The Hall–Kier alpha value is -1.80. The van der Waals surface area contributed by atoms with Crippen molar-refractivity contribution < 1.29 is 17.9 Å². The molecule has 0 aliphatic carbocycles. The molecule has 0 unspecified atom stereocenters. The number of benzene rings is 1. The van der Waals surface area contributed by atoms with E-state index in [-0.39, 0.29) is 12.1 Å². The first-order chi connectivity index (χ1) is 11.7. The van der Waals surface area contributed by atoms with Crippen molar-refractivity contribution in [2.75, 3.05) is 17.8 Å². The fourth-order valence-electron chi connectivity index (χ4n) is 3.20. The molecule has 1 saturated heterocycles. The van der Waals surface area contributed by atoms with Crippen LogP contribution in [0.5, 0.6) is 0 Å². The van der Waals surface area contributed by atoms with E-state index in [1.54, 1.807) is 11.0 Å². The first kappa shape index (κ1) is 18.0. The number of carbonyl (C=O) groups is 1. The minimum atomic E-state index is -3.55. The molecule has 1 aromatic rings. The lowest BCUT2D eigenvalue weighted by Gasteiger charge is -2.40. The predicted octanol–water partition coefficient (Wildman–Crippen LogP) is 2.56. The number of nitrogens with one attached hydrogen (secondary N) is 1. The van der Waals surface area contributed by atoms with Crippen LogP contribution in [0.4, 0.5) is 10.5 Å². The zero-order valence-electron chi connectivity index (χ0n) is 14.9. The maximum atomic E-state index is 12.6. The van der Waals surface area contributed by atoms with Gasteiger partial charge >= 0.3 is 16.3 Å². The molecule has 0 saturated carbocycles. The Morgan fingerprint density at radius 2 is 1.84 bits per heavy atom. The number of likely N-dealkylation sites (tertiary alicyclic amines) is 1. The van der Waals surface area contributed by atoms with Crippen LogP contribution in [0.3, 0.4) is 0 Å². The highest BCUT2D eigenvalue weighted by atomic mass is 32.2. The Labute approximate surface area is 149 Å². The highest BCUT2D eigenvalue weighted by molar-refractivity contribution is 7.90. The molecule has 1 aromatic carbocycles. The maximum absolute atomic E-state index is 12.6. The number of fused-ring (bicyclic) bond motifs is 1. The summed E-state index contributed by atoms with van der Waals surface area (Å²) < 4.78 is 34.7. The SMILES string of the molecule is CC(C)(C)OC(=O)N1CCC(N2Cc3ccccc3NS2(=O)=O)CC1. The molecule has 3 rings (SSSR count). The average molecular weight is 367 g/mol. The number of amides is 1. The van der Waals surface area contributed by atoms with Crippen LogP contribution in [0.1, 0.15) is 39.2 Å². The molecule has 8 heteroatoms. The zero-order valence-corrected chi connectivity index (χ0v) is 15.7. The van der Waals surface area contributed by atoms with Crippen molar-refractivity contribution in [3.63, 3.8) is 0 Å².